The third-order valence-electron chi connectivity index (χ3n) is 5.29. The Hall–Kier alpha value is -3.30. The molecule has 2 aromatic carbocycles. The van der Waals surface area contributed by atoms with Gasteiger partial charge in [0.25, 0.3) is 5.91 Å². The van der Waals surface area contributed by atoms with Crippen LogP contribution in [0.15, 0.2) is 36.4 Å². The number of amides is 2. The molecule has 3 rings (SSSR count). The summed E-state index contributed by atoms with van der Waals surface area (Å²) < 4.78 is 62.4. The van der Waals surface area contributed by atoms with Crippen molar-refractivity contribution < 1.29 is 36.6 Å². The normalized spacial score (nSPS) is 14.8. The summed E-state index contributed by atoms with van der Waals surface area (Å²) in [5.74, 6) is -1.66. The van der Waals surface area contributed by atoms with Crippen LogP contribution in [-0.2, 0) is 11.0 Å². The second-order valence-electron chi connectivity index (χ2n) is 7.35. The first-order chi connectivity index (χ1) is 15.1. The van der Waals surface area contributed by atoms with Crippen molar-refractivity contribution in [3.05, 3.63) is 53.3 Å². The zero-order valence-corrected chi connectivity index (χ0v) is 17.5. The maximum absolute atomic E-state index is 13.4. The molecule has 1 heterocycles. The van der Waals surface area contributed by atoms with Crippen LogP contribution < -0.4 is 14.8 Å². The molecule has 1 fully saturated rings. The number of nitrogens with zero attached hydrogens (tertiary/aromatic N) is 1. The molecule has 0 saturated carbocycles. The number of likely N-dealkylation sites (tertiary alicyclic amines) is 1. The highest BCUT2D eigenvalue weighted by Gasteiger charge is 2.35. The minimum absolute atomic E-state index is 0.134. The van der Waals surface area contributed by atoms with Gasteiger partial charge in [-0.3, -0.25) is 9.59 Å². The Morgan fingerprint density at radius 2 is 1.59 bits per heavy atom. The predicted octanol–water partition coefficient (Wildman–Crippen LogP) is 4.35. The maximum atomic E-state index is 13.4. The number of alkyl halides is 3. The number of hydrogen-bond donors (Lipinski definition) is 1. The van der Waals surface area contributed by atoms with Crippen LogP contribution in [0.5, 0.6) is 11.5 Å². The lowest BCUT2D eigenvalue weighted by Crippen LogP contribution is -2.41. The van der Waals surface area contributed by atoms with Gasteiger partial charge in [0.05, 0.1) is 19.8 Å². The highest BCUT2D eigenvalue weighted by Crippen LogP contribution is 2.33. The Labute approximate surface area is 182 Å². The molecule has 2 amide bonds. The molecule has 0 aliphatic carbocycles. The van der Waals surface area contributed by atoms with Crippen molar-refractivity contribution >= 4 is 17.5 Å². The number of hydrogen-bond acceptors (Lipinski definition) is 4. The lowest BCUT2D eigenvalue weighted by molar-refractivity contribution is -0.140. The number of piperidine rings is 1. The Bertz CT molecular complexity index is 980. The standard InChI is InChI=1S/C22H22F4N2O4/c1-31-16-9-14(10-17(12-16)32-2)21(30)28-7-5-13(6-8-28)20(29)27-15-3-4-19(23)18(11-15)22(24,25)26/h3-4,9-13H,5-8H2,1-2H3,(H,27,29). The Balaban J connectivity index is 1.62. The summed E-state index contributed by atoms with van der Waals surface area (Å²) >= 11 is 0. The minimum Gasteiger partial charge on any atom is -0.497 e. The van der Waals surface area contributed by atoms with Crippen molar-refractivity contribution in [1.82, 2.24) is 4.90 Å². The first-order valence-electron chi connectivity index (χ1n) is 9.82. The molecule has 172 valence electrons. The smallest absolute Gasteiger partial charge is 0.419 e. The van der Waals surface area contributed by atoms with Crippen molar-refractivity contribution in [2.75, 3.05) is 32.6 Å². The number of ether oxygens (including phenoxy) is 2. The molecule has 32 heavy (non-hydrogen) atoms. The summed E-state index contributed by atoms with van der Waals surface area (Å²) in [6, 6.07) is 7.15. The van der Waals surface area contributed by atoms with Gasteiger partial charge in [-0.2, -0.15) is 13.2 Å². The van der Waals surface area contributed by atoms with Gasteiger partial charge < -0.3 is 19.7 Å². The van der Waals surface area contributed by atoms with Gasteiger partial charge in [0.1, 0.15) is 17.3 Å². The van der Waals surface area contributed by atoms with E-state index in [0.717, 1.165) is 6.07 Å². The largest absolute Gasteiger partial charge is 0.497 e. The van der Waals surface area contributed by atoms with Gasteiger partial charge in [0.2, 0.25) is 5.91 Å². The van der Waals surface area contributed by atoms with Crippen LogP contribution in [0.4, 0.5) is 23.2 Å². The van der Waals surface area contributed by atoms with Crippen molar-refractivity contribution in [3.63, 3.8) is 0 Å². The molecule has 0 atom stereocenters. The quantitative estimate of drug-likeness (QED) is 0.682. The lowest BCUT2D eigenvalue weighted by Gasteiger charge is -2.31. The molecule has 6 nitrogen and oxygen atoms in total. The summed E-state index contributed by atoms with van der Waals surface area (Å²) in [7, 11) is 2.96. The lowest BCUT2D eigenvalue weighted by atomic mass is 9.95. The van der Waals surface area contributed by atoms with Crippen LogP contribution in [0.25, 0.3) is 0 Å². The van der Waals surface area contributed by atoms with Crippen LogP contribution >= 0.6 is 0 Å². The van der Waals surface area contributed by atoms with E-state index >= 15 is 0 Å². The maximum Gasteiger partial charge on any atom is 0.419 e. The fourth-order valence-corrected chi connectivity index (χ4v) is 3.52. The molecular weight excluding hydrogens is 432 g/mol. The van der Waals surface area contributed by atoms with E-state index in [4.69, 9.17) is 9.47 Å². The van der Waals surface area contributed by atoms with Crippen LogP contribution in [0.3, 0.4) is 0 Å². The molecule has 1 N–H and O–H groups in total. The fraction of sp³-hybridized carbons (Fsp3) is 0.364. The summed E-state index contributed by atoms with van der Waals surface area (Å²) in [5, 5.41) is 2.42. The molecule has 0 spiro atoms. The van der Waals surface area contributed by atoms with Gasteiger partial charge in [0, 0.05) is 36.3 Å². The van der Waals surface area contributed by atoms with Crippen molar-refractivity contribution in [2.45, 2.75) is 19.0 Å². The summed E-state index contributed by atoms with van der Waals surface area (Å²) in [5.41, 5.74) is -1.19. The average molecular weight is 454 g/mol. The predicted molar refractivity (Wildman–Crippen MR) is 108 cm³/mol. The number of methoxy groups -OCH3 is 2. The van der Waals surface area contributed by atoms with Crippen LogP contribution in [0.1, 0.15) is 28.8 Å². The molecule has 1 saturated heterocycles. The van der Waals surface area contributed by atoms with Crippen molar-refractivity contribution in [3.8, 4) is 11.5 Å². The Morgan fingerprint density at radius 1 is 1.00 bits per heavy atom. The van der Waals surface area contributed by atoms with E-state index in [-0.39, 0.29) is 11.6 Å². The molecule has 1 aliphatic heterocycles. The average Bonchev–Trinajstić information content (AvgIpc) is 2.78. The van der Waals surface area contributed by atoms with E-state index in [1.165, 1.54) is 14.2 Å². The number of benzene rings is 2. The van der Waals surface area contributed by atoms with E-state index in [2.05, 4.69) is 5.32 Å². The van der Waals surface area contributed by atoms with Crippen molar-refractivity contribution in [2.24, 2.45) is 5.92 Å². The topological polar surface area (TPSA) is 67.9 Å². The SMILES string of the molecule is COc1cc(OC)cc(C(=O)N2CCC(C(=O)Nc3ccc(F)c(C(F)(F)F)c3)CC2)c1. The highest BCUT2D eigenvalue weighted by atomic mass is 19.4. The van der Waals surface area contributed by atoms with E-state index in [0.29, 0.717) is 55.1 Å². The van der Waals surface area contributed by atoms with Gasteiger partial charge in [-0.05, 0) is 43.2 Å². The molecule has 0 radical (unpaired) electrons. The Morgan fingerprint density at radius 3 is 2.12 bits per heavy atom. The van der Waals surface area contributed by atoms with Crippen LogP contribution in [0.2, 0.25) is 0 Å². The number of rotatable bonds is 5. The van der Waals surface area contributed by atoms with Crippen LogP contribution in [0, 0.1) is 11.7 Å². The number of halogens is 4. The molecular formula is C22H22F4N2O4. The molecule has 0 bridgehead atoms. The molecule has 1 aliphatic rings. The first-order valence-corrected chi connectivity index (χ1v) is 9.82. The van der Waals surface area contributed by atoms with Gasteiger partial charge in [-0.1, -0.05) is 0 Å². The van der Waals surface area contributed by atoms with E-state index in [9.17, 15) is 27.2 Å². The van der Waals surface area contributed by atoms with E-state index < -0.39 is 29.4 Å². The Kier molecular flexibility index (Phi) is 6.90. The molecule has 0 aromatic heterocycles. The van der Waals surface area contributed by atoms with Crippen molar-refractivity contribution in [1.29, 1.82) is 0 Å². The summed E-state index contributed by atoms with van der Waals surface area (Å²) in [6.45, 7) is 0.599. The molecule has 0 unspecified atom stereocenters. The molecule has 2 aromatic rings. The number of nitrogens with one attached hydrogen (secondary N) is 1. The minimum atomic E-state index is -4.86. The van der Waals surface area contributed by atoms with Gasteiger partial charge in [-0.15, -0.1) is 0 Å². The van der Waals surface area contributed by atoms with E-state index in [1.54, 1.807) is 23.1 Å². The van der Waals surface area contributed by atoms with Gasteiger partial charge >= 0.3 is 6.18 Å². The fourth-order valence-electron chi connectivity index (χ4n) is 3.52. The second-order valence-corrected chi connectivity index (χ2v) is 7.35. The van der Waals surface area contributed by atoms with E-state index in [1.807, 2.05) is 0 Å². The third kappa shape index (κ3) is 5.30. The van der Waals surface area contributed by atoms with Gasteiger partial charge in [0.15, 0.2) is 0 Å². The first kappa shape index (κ1) is 23.4. The zero-order valence-electron chi connectivity index (χ0n) is 17.5. The highest BCUT2D eigenvalue weighted by molar-refractivity contribution is 5.96. The molecule has 10 heteroatoms. The summed E-state index contributed by atoms with van der Waals surface area (Å²) in [4.78, 5) is 26.9. The number of carbonyl (C=O) groups excluding carboxylic acids is 2. The monoisotopic (exact) mass is 454 g/mol. The third-order valence-corrected chi connectivity index (χ3v) is 5.29. The number of anilines is 1. The second kappa shape index (κ2) is 9.46. The van der Waals surface area contributed by atoms with Gasteiger partial charge in [-0.25, -0.2) is 4.39 Å². The van der Waals surface area contributed by atoms with Crippen LogP contribution in [-0.4, -0.2) is 44.0 Å². The zero-order chi connectivity index (χ0) is 23.5. The number of carbonyl (C=O) groups is 2. The summed E-state index contributed by atoms with van der Waals surface area (Å²) in [6.07, 6.45) is -4.18.